The number of halogens is 3. The van der Waals surface area contributed by atoms with Crippen LogP contribution >= 0.6 is 0 Å². The summed E-state index contributed by atoms with van der Waals surface area (Å²) in [6.07, 6.45) is -4.30. The average Bonchev–Trinajstić information content (AvgIpc) is 1.99. The van der Waals surface area contributed by atoms with Crippen molar-refractivity contribution in [3.05, 3.63) is 29.1 Å². The number of pyridine rings is 1. The maximum absolute atomic E-state index is 12.5. The molecule has 0 saturated heterocycles. The summed E-state index contributed by atoms with van der Waals surface area (Å²) in [5.41, 5.74) is -0.129. The van der Waals surface area contributed by atoms with Crippen LogP contribution in [0.3, 0.4) is 0 Å². The van der Waals surface area contributed by atoms with E-state index in [-0.39, 0.29) is 5.41 Å². The van der Waals surface area contributed by atoms with Gasteiger partial charge in [-0.25, -0.2) is 0 Å². The van der Waals surface area contributed by atoms with Crippen molar-refractivity contribution in [2.24, 2.45) is 0 Å². The van der Waals surface area contributed by atoms with E-state index in [0.29, 0.717) is 11.4 Å². The quantitative estimate of drug-likeness (QED) is 0.645. The van der Waals surface area contributed by atoms with Gasteiger partial charge in [0.1, 0.15) is 0 Å². The first-order valence-corrected chi connectivity index (χ1v) is 4.67. The molecule has 0 fully saturated rings. The van der Waals surface area contributed by atoms with Crippen LogP contribution < -0.4 is 0 Å². The molecular formula is C11H14F3N. The summed E-state index contributed by atoms with van der Waals surface area (Å²) in [7, 11) is 0. The Labute approximate surface area is 87.3 Å². The average molecular weight is 217 g/mol. The van der Waals surface area contributed by atoms with E-state index < -0.39 is 11.7 Å². The zero-order valence-electron chi connectivity index (χ0n) is 9.24. The Hall–Kier alpha value is -1.06. The summed E-state index contributed by atoms with van der Waals surface area (Å²) in [6, 6.07) is 2.18. The fraction of sp³-hybridized carbons (Fsp3) is 0.545. The molecule has 0 bridgehead atoms. The molecule has 1 aromatic heterocycles. The number of hydrogen-bond donors (Lipinski definition) is 0. The molecule has 0 saturated carbocycles. The third kappa shape index (κ3) is 2.94. The van der Waals surface area contributed by atoms with Gasteiger partial charge >= 0.3 is 6.18 Å². The van der Waals surface area contributed by atoms with E-state index in [1.165, 1.54) is 0 Å². The Morgan fingerprint density at radius 1 is 1.07 bits per heavy atom. The summed E-state index contributed by atoms with van der Waals surface area (Å²) in [5.74, 6) is 0. The molecule has 0 aliphatic heterocycles. The molecule has 0 radical (unpaired) electrons. The number of rotatable bonds is 0. The number of alkyl halides is 3. The number of nitrogens with zero attached hydrogens (tertiary/aromatic N) is 1. The lowest BCUT2D eigenvalue weighted by atomic mass is 9.90. The van der Waals surface area contributed by atoms with Gasteiger partial charge in [-0.3, -0.25) is 4.98 Å². The van der Waals surface area contributed by atoms with Gasteiger partial charge < -0.3 is 0 Å². The predicted octanol–water partition coefficient (Wildman–Crippen LogP) is 3.71. The van der Waals surface area contributed by atoms with E-state index >= 15 is 0 Å². The summed E-state index contributed by atoms with van der Waals surface area (Å²) in [5, 5.41) is 0. The van der Waals surface area contributed by atoms with Gasteiger partial charge in [-0.05, 0) is 19.1 Å². The van der Waals surface area contributed by atoms with Crippen LogP contribution in [-0.4, -0.2) is 4.98 Å². The van der Waals surface area contributed by atoms with Gasteiger partial charge in [-0.2, -0.15) is 13.2 Å². The van der Waals surface area contributed by atoms with Gasteiger partial charge in [-0.1, -0.05) is 20.8 Å². The summed E-state index contributed by atoms with van der Waals surface area (Å²) >= 11 is 0. The lowest BCUT2D eigenvalue weighted by molar-refractivity contribution is -0.137. The largest absolute Gasteiger partial charge is 0.416 e. The van der Waals surface area contributed by atoms with E-state index in [4.69, 9.17) is 0 Å². The molecule has 15 heavy (non-hydrogen) atoms. The molecule has 0 amide bonds. The molecule has 0 aliphatic carbocycles. The molecule has 0 aromatic carbocycles. The van der Waals surface area contributed by atoms with Crippen molar-refractivity contribution in [3.8, 4) is 0 Å². The van der Waals surface area contributed by atoms with Crippen LogP contribution in [0.1, 0.15) is 37.7 Å². The second-order valence-corrected chi connectivity index (χ2v) is 4.63. The van der Waals surface area contributed by atoms with Gasteiger partial charge in [0.25, 0.3) is 0 Å². The standard InChI is InChI=1S/C11H14F3N/c1-7-5-8(11(12,13)14)6-9(15-7)10(2,3)4/h5-6H,1-4H3. The molecular weight excluding hydrogens is 203 g/mol. The third-order valence-electron chi connectivity index (χ3n) is 2.05. The van der Waals surface area contributed by atoms with E-state index in [9.17, 15) is 13.2 Å². The molecule has 1 aromatic rings. The highest BCUT2D eigenvalue weighted by atomic mass is 19.4. The highest BCUT2D eigenvalue weighted by Gasteiger charge is 2.32. The molecule has 4 heteroatoms. The minimum Gasteiger partial charge on any atom is -0.258 e. The highest BCUT2D eigenvalue weighted by molar-refractivity contribution is 5.27. The van der Waals surface area contributed by atoms with E-state index in [0.717, 1.165) is 12.1 Å². The Bertz CT molecular complexity index is 329. The summed E-state index contributed by atoms with van der Waals surface area (Å²) in [6.45, 7) is 7.10. The molecule has 0 unspecified atom stereocenters. The predicted molar refractivity (Wildman–Crippen MR) is 52.7 cm³/mol. The molecule has 0 aliphatic rings. The fourth-order valence-electron chi connectivity index (χ4n) is 1.22. The molecule has 84 valence electrons. The van der Waals surface area contributed by atoms with Crippen molar-refractivity contribution in [2.75, 3.05) is 0 Å². The minimum absolute atomic E-state index is 0.369. The van der Waals surface area contributed by atoms with E-state index in [1.54, 1.807) is 6.92 Å². The van der Waals surface area contributed by atoms with Crippen LogP contribution in [0.25, 0.3) is 0 Å². The first kappa shape index (κ1) is 12.0. The zero-order chi connectivity index (χ0) is 11.9. The lowest BCUT2D eigenvalue weighted by Crippen LogP contribution is -2.16. The Morgan fingerprint density at radius 3 is 2.00 bits per heavy atom. The van der Waals surface area contributed by atoms with Crippen LogP contribution in [-0.2, 0) is 11.6 Å². The molecule has 1 heterocycles. The first-order valence-electron chi connectivity index (χ1n) is 4.67. The van der Waals surface area contributed by atoms with Crippen molar-refractivity contribution >= 4 is 0 Å². The van der Waals surface area contributed by atoms with Crippen molar-refractivity contribution < 1.29 is 13.2 Å². The smallest absolute Gasteiger partial charge is 0.258 e. The van der Waals surface area contributed by atoms with Crippen molar-refractivity contribution in [3.63, 3.8) is 0 Å². The number of aryl methyl sites for hydroxylation is 1. The van der Waals surface area contributed by atoms with Gasteiger partial charge in [-0.15, -0.1) is 0 Å². The van der Waals surface area contributed by atoms with Crippen LogP contribution in [0.4, 0.5) is 13.2 Å². The monoisotopic (exact) mass is 217 g/mol. The fourth-order valence-corrected chi connectivity index (χ4v) is 1.22. The van der Waals surface area contributed by atoms with Crippen LogP contribution in [0.15, 0.2) is 12.1 Å². The first-order chi connectivity index (χ1) is 6.60. The van der Waals surface area contributed by atoms with E-state index in [1.807, 2.05) is 20.8 Å². The van der Waals surface area contributed by atoms with Gasteiger partial charge in [0, 0.05) is 16.8 Å². The zero-order valence-corrected chi connectivity index (χ0v) is 9.24. The molecule has 0 N–H and O–H groups in total. The van der Waals surface area contributed by atoms with Crippen molar-refractivity contribution in [1.82, 2.24) is 4.98 Å². The van der Waals surface area contributed by atoms with Gasteiger partial charge in [0.05, 0.1) is 5.56 Å². The van der Waals surface area contributed by atoms with E-state index in [2.05, 4.69) is 4.98 Å². The second kappa shape index (κ2) is 3.51. The minimum atomic E-state index is -4.30. The SMILES string of the molecule is Cc1cc(C(F)(F)F)cc(C(C)(C)C)n1. The van der Waals surface area contributed by atoms with Gasteiger partial charge in [0.15, 0.2) is 0 Å². The molecule has 1 nitrogen and oxygen atoms in total. The molecule has 0 atom stereocenters. The number of aromatic nitrogens is 1. The summed E-state index contributed by atoms with van der Waals surface area (Å²) in [4.78, 5) is 4.12. The maximum atomic E-state index is 12.5. The lowest BCUT2D eigenvalue weighted by Gasteiger charge is -2.20. The summed E-state index contributed by atoms with van der Waals surface area (Å²) < 4.78 is 37.5. The number of hydrogen-bond acceptors (Lipinski definition) is 1. The van der Waals surface area contributed by atoms with Crippen molar-refractivity contribution in [2.45, 2.75) is 39.3 Å². The van der Waals surface area contributed by atoms with Crippen LogP contribution in [0.2, 0.25) is 0 Å². The van der Waals surface area contributed by atoms with Gasteiger partial charge in [0.2, 0.25) is 0 Å². The Kier molecular flexibility index (Phi) is 2.81. The maximum Gasteiger partial charge on any atom is 0.416 e. The van der Waals surface area contributed by atoms with Crippen LogP contribution in [0, 0.1) is 6.92 Å². The normalized spacial score (nSPS) is 13.0. The van der Waals surface area contributed by atoms with Crippen molar-refractivity contribution in [1.29, 1.82) is 0 Å². The third-order valence-corrected chi connectivity index (χ3v) is 2.05. The highest BCUT2D eigenvalue weighted by Crippen LogP contribution is 2.32. The molecule has 0 spiro atoms. The molecule has 1 rings (SSSR count). The Morgan fingerprint density at radius 2 is 1.60 bits per heavy atom. The Balaban J connectivity index is 3.30. The second-order valence-electron chi connectivity index (χ2n) is 4.63. The topological polar surface area (TPSA) is 12.9 Å². The van der Waals surface area contributed by atoms with Crippen LogP contribution in [0.5, 0.6) is 0 Å².